The van der Waals surface area contributed by atoms with E-state index in [0.29, 0.717) is 0 Å². The molecule has 0 aliphatic rings. The molecule has 1 aromatic rings. The molecular formula is C9H17N3O. The Morgan fingerprint density at radius 2 is 2.38 bits per heavy atom. The molecule has 0 radical (unpaired) electrons. The fourth-order valence-corrected chi connectivity index (χ4v) is 1.04. The first-order valence-corrected chi connectivity index (χ1v) is 4.69. The molecule has 4 heteroatoms. The van der Waals surface area contributed by atoms with Crippen molar-refractivity contribution >= 4 is 0 Å². The van der Waals surface area contributed by atoms with Crippen molar-refractivity contribution in [3.05, 3.63) is 18.5 Å². The van der Waals surface area contributed by atoms with E-state index in [1.807, 2.05) is 23.9 Å². The van der Waals surface area contributed by atoms with Crippen LogP contribution in [0.1, 0.15) is 6.92 Å². The number of hydrogen-bond donors (Lipinski definition) is 1. The van der Waals surface area contributed by atoms with Crippen molar-refractivity contribution in [2.24, 2.45) is 0 Å². The van der Waals surface area contributed by atoms with Gasteiger partial charge in [0.15, 0.2) is 0 Å². The van der Waals surface area contributed by atoms with Crippen LogP contribution in [0.25, 0.3) is 0 Å². The van der Waals surface area contributed by atoms with Gasteiger partial charge >= 0.3 is 0 Å². The number of rotatable bonds is 7. The molecule has 0 atom stereocenters. The van der Waals surface area contributed by atoms with Gasteiger partial charge in [-0.25, -0.2) is 0 Å². The van der Waals surface area contributed by atoms with Crippen LogP contribution in [0.15, 0.2) is 18.5 Å². The fourth-order valence-electron chi connectivity index (χ4n) is 1.04. The first kappa shape index (κ1) is 10.2. The van der Waals surface area contributed by atoms with Crippen LogP contribution in [-0.2, 0) is 11.3 Å². The van der Waals surface area contributed by atoms with E-state index in [2.05, 4.69) is 10.4 Å². The van der Waals surface area contributed by atoms with Gasteiger partial charge in [0.05, 0.1) is 13.2 Å². The summed E-state index contributed by atoms with van der Waals surface area (Å²) >= 11 is 0. The van der Waals surface area contributed by atoms with E-state index in [9.17, 15) is 0 Å². The summed E-state index contributed by atoms with van der Waals surface area (Å²) in [6.45, 7) is 6.35. The number of ether oxygens (including phenoxy) is 1. The Hall–Kier alpha value is -0.870. The van der Waals surface area contributed by atoms with Crippen LogP contribution >= 0.6 is 0 Å². The van der Waals surface area contributed by atoms with Crippen LogP contribution in [-0.4, -0.2) is 36.1 Å². The highest BCUT2D eigenvalue weighted by molar-refractivity contribution is 4.77. The lowest BCUT2D eigenvalue weighted by molar-refractivity contribution is 0.149. The van der Waals surface area contributed by atoms with Crippen molar-refractivity contribution in [3.63, 3.8) is 0 Å². The second kappa shape index (κ2) is 6.62. The Morgan fingerprint density at radius 1 is 1.46 bits per heavy atom. The lowest BCUT2D eigenvalue weighted by Crippen LogP contribution is -2.24. The van der Waals surface area contributed by atoms with Crippen molar-refractivity contribution < 1.29 is 4.74 Å². The molecule has 1 aromatic heterocycles. The van der Waals surface area contributed by atoms with Crippen LogP contribution in [0.5, 0.6) is 0 Å². The maximum atomic E-state index is 5.19. The molecule has 0 aromatic carbocycles. The highest BCUT2D eigenvalue weighted by Crippen LogP contribution is 1.82. The SMILES string of the molecule is CCOCCNCCn1cccn1. The van der Waals surface area contributed by atoms with Gasteiger partial charge in [0.25, 0.3) is 0 Å². The van der Waals surface area contributed by atoms with Crippen molar-refractivity contribution in [1.29, 1.82) is 0 Å². The lowest BCUT2D eigenvalue weighted by atomic mass is 10.6. The molecule has 0 saturated heterocycles. The zero-order valence-electron chi connectivity index (χ0n) is 8.07. The summed E-state index contributed by atoms with van der Waals surface area (Å²) < 4.78 is 7.10. The molecule has 4 nitrogen and oxygen atoms in total. The van der Waals surface area contributed by atoms with E-state index in [1.165, 1.54) is 0 Å². The van der Waals surface area contributed by atoms with E-state index < -0.39 is 0 Å². The molecule has 0 bridgehead atoms. The molecule has 0 aliphatic carbocycles. The summed E-state index contributed by atoms with van der Waals surface area (Å²) in [5, 5.41) is 7.37. The summed E-state index contributed by atoms with van der Waals surface area (Å²) in [7, 11) is 0. The Labute approximate surface area is 78.9 Å². The minimum absolute atomic E-state index is 0.787. The van der Waals surface area contributed by atoms with E-state index in [4.69, 9.17) is 4.74 Å². The molecule has 0 aliphatic heterocycles. The van der Waals surface area contributed by atoms with E-state index in [1.54, 1.807) is 6.20 Å². The quantitative estimate of drug-likeness (QED) is 0.626. The van der Waals surface area contributed by atoms with E-state index >= 15 is 0 Å². The zero-order chi connectivity index (χ0) is 9.36. The monoisotopic (exact) mass is 183 g/mol. The topological polar surface area (TPSA) is 39.1 Å². The Kier molecular flexibility index (Phi) is 5.20. The van der Waals surface area contributed by atoms with Gasteiger partial charge in [0.1, 0.15) is 0 Å². The molecule has 1 heterocycles. The van der Waals surface area contributed by atoms with Gasteiger partial charge in [-0.15, -0.1) is 0 Å². The van der Waals surface area contributed by atoms with Crippen LogP contribution in [0.2, 0.25) is 0 Å². The molecule has 13 heavy (non-hydrogen) atoms. The average molecular weight is 183 g/mol. The maximum absolute atomic E-state index is 5.19. The second-order valence-corrected chi connectivity index (χ2v) is 2.72. The second-order valence-electron chi connectivity index (χ2n) is 2.72. The minimum atomic E-state index is 0.787. The van der Waals surface area contributed by atoms with Crippen molar-refractivity contribution in [2.45, 2.75) is 13.5 Å². The van der Waals surface area contributed by atoms with Gasteiger partial charge in [-0.1, -0.05) is 0 Å². The maximum Gasteiger partial charge on any atom is 0.0590 e. The average Bonchev–Trinajstić information content (AvgIpc) is 2.63. The van der Waals surface area contributed by atoms with E-state index in [-0.39, 0.29) is 0 Å². The molecule has 1 rings (SSSR count). The number of nitrogens with one attached hydrogen (secondary N) is 1. The highest BCUT2D eigenvalue weighted by atomic mass is 16.5. The zero-order valence-corrected chi connectivity index (χ0v) is 8.07. The largest absolute Gasteiger partial charge is 0.380 e. The number of hydrogen-bond acceptors (Lipinski definition) is 3. The summed E-state index contributed by atoms with van der Waals surface area (Å²) in [5.41, 5.74) is 0. The molecule has 0 saturated carbocycles. The van der Waals surface area contributed by atoms with Gasteiger partial charge in [-0.05, 0) is 13.0 Å². The predicted molar refractivity (Wildman–Crippen MR) is 51.6 cm³/mol. The Morgan fingerprint density at radius 3 is 3.08 bits per heavy atom. The molecule has 1 N–H and O–H groups in total. The Balaban J connectivity index is 1.90. The third-order valence-corrected chi connectivity index (χ3v) is 1.70. The van der Waals surface area contributed by atoms with Crippen molar-refractivity contribution in [2.75, 3.05) is 26.3 Å². The minimum Gasteiger partial charge on any atom is -0.380 e. The Bertz CT molecular complexity index is 199. The van der Waals surface area contributed by atoms with Gasteiger partial charge in [0.2, 0.25) is 0 Å². The molecular weight excluding hydrogens is 166 g/mol. The molecule has 0 amide bonds. The molecule has 0 unspecified atom stereocenters. The highest BCUT2D eigenvalue weighted by Gasteiger charge is 1.89. The van der Waals surface area contributed by atoms with Crippen molar-refractivity contribution in [3.8, 4) is 0 Å². The summed E-state index contributed by atoms with van der Waals surface area (Å²) in [6.07, 6.45) is 3.75. The fraction of sp³-hybridized carbons (Fsp3) is 0.667. The summed E-state index contributed by atoms with van der Waals surface area (Å²) in [4.78, 5) is 0. The van der Waals surface area contributed by atoms with E-state index in [0.717, 1.165) is 32.8 Å². The third kappa shape index (κ3) is 4.65. The van der Waals surface area contributed by atoms with Gasteiger partial charge in [-0.2, -0.15) is 5.10 Å². The summed E-state index contributed by atoms with van der Waals surface area (Å²) in [5.74, 6) is 0. The first-order valence-electron chi connectivity index (χ1n) is 4.69. The van der Waals surface area contributed by atoms with Gasteiger partial charge < -0.3 is 10.1 Å². The smallest absolute Gasteiger partial charge is 0.0590 e. The van der Waals surface area contributed by atoms with Crippen LogP contribution < -0.4 is 5.32 Å². The molecule has 0 fully saturated rings. The van der Waals surface area contributed by atoms with Crippen LogP contribution in [0.4, 0.5) is 0 Å². The van der Waals surface area contributed by atoms with Crippen LogP contribution in [0.3, 0.4) is 0 Å². The predicted octanol–water partition coefficient (Wildman–Crippen LogP) is 0.509. The molecule has 0 spiro atoms. The summed E-state index contributed by atoms with van der Waals surface area (Å²) in [6, 6.07) is 1.93. The molecule has 74 valence electrons. The third-order valence-electron chi connectivity index (χ3n) is 1.70. The number of aromatic nitrogens is 2. The van der Waals surface area contributed by atoms with Crippen molar-refractivity contribution in [1.82, 2.24) is 15.1 Å². The normalized spacial score (nSPS) is 10.5. The number of nitrogens with zero attached hydrogens (tertiary/aromatic N) is 2. The lowest BCUT2D eigenvalue weighted by Gasteiger charge is -2.04. The standard InChI is InChI=1S/C9H17N3O/c1-2-13-9-6-10-5-8-12-7-3-4-11-12/h3-4,7,10H,2,5-6,8-9H2,1H3. The van der Waals surface area contributed by atoms with Gasteiger partial charge in [0, 0.05) is 32.1 Å². The van der Waals surface area contributed by atoms with Crippen LogP contribution in [0, 0.1) is 0 Å². The first-order chi connectivity index (χ1) is 6.43. The van der Waals surface area contributed by atoms with Gasteiger partial charge in [-0.3, -0.25) is 4.68 Å².